The third-order valence-electron chi connectivity index (χ3n) is 3.89. The number of nitrogens with one attached hydrogen (secondary N) is 1. The maximum Gasteiger partial charge on any atom is 0.154 e. The lowest BCUT2D eigenvalue weighted by molar-refractivity contribution is 0.385. The van der Waals surface area contributed by atoms with E-state index in [1.54, 1.807) is 0 Å². The summed E-state index contributed by atoms with van der Waals surface area (Å²) in [5.41, 5.74) is 0. The van der Waals surface area contributed by atoms with Crippen LogP contribution in [0.2, 0.25) is 0 Å². The fourth-order valence-electron chi connectivity index (χ4n) is 2.96. The van der Waals surface area contributed by atoms with E-state index >= 15 is 0 Å². The molecule has 88 valence electrons. The van der Waals surface area contributed by atoms with Crippen molar-refractivity contribution in [3.05, 3.63) is 5.82 Å². The first-order chi connectivity index (χ1) is 7.95. The number of piperidine rings is 1. The molecule has 0 radical (unpaired) electrons. The van der Waals surface area contributed by atoms with Gasteiger partial charge >= 0.3 is 0 Å². The molecule has 0 atom stereocenters. The fraction of sp³-hybridized carbons (Fsp3) is 0.909. The van der Waals surface area contributed by atoms with E-state index in [4.69, 9.17) is 0 Å². The number of hydrogen-bond acceptors (Lipinski definition) is 4. The molecule has 0 amide bonds. The van der Waals surface area contributed by atoms with E-state index < -0.39 is 0 Å². The molecule has 0 bridgehead atoms. The standard InChI is InChI=1S/C11H19N5/c1-2-4-10(3-1)16-11(13-14-15-16)9-5-7-12-8-6-9/h9-10,12H,1-8H2. The van der Waals surface area contributed by atoms with Crippen LogP contribution in [0.25, 0.3) is 0 Å². The van der Waals surface area contributed by atoms with Gasteiger partial charge in [-0.25, -0.2) is 4.68 Å². The highest BCUT2D eigenvalue weighted by atomic mass is 15.6. The van der Waals surface area contributed by atoms with Gasteiger partial charge in [0.2, 0.25) is 0 Å². The average Bonchev–Trinajstić information content (AvgIpc) is 3.01. The molecule has 0 aromatic carbocycles. The topological polar surface area (TPSA) is 55.6 Å². The van der Waals surface area contributed by atoms with Crippen molar-refractivity contribution in [1.29, 1.82) is 0 Å². The summed E-state index contributed by atoms with van der Waals surface area (Å²) in [6.07, 6.45) is 7.51. The molecule has 3 rings (SSSR count). The minimum Gasteiger partial charge on any atom is -0.317 e. The summed E-state index contributed by atoms with van der Waals surface area (Å²) in [5.74, 6) is 1.70. The van der Waals surface area contributed by atoms with Crippen LogP contribution in [0, 0.1) is 0 Å². The summed E-state index contributed by atoms with van der Waals surface area (Å²) >= 11 is 0. The van der Waals surface area contributed by atoms with Crippen LogP contribution in [0.3, 0.4) is 0 Å². The number of rotatable bonds is 2. The van der Waals surface area contributed by atoms with E-state index in [1.807, 2.05) is 0 Å². The molecule has 1 aliphatic carbocycles. The van der Waals surface area contributed by atoms with Gasteiger partial charge in [0.05, 0.1) is 6.04 Å². The Bertz CT molecular complexity index is 336. The van der Waals surface area contributed by atoms with Crippen LogP contribution >= 0.6 is 0 Å². The van der Waals surface area contributed by atoms with Gasteiger partial charge in [-0.1, -0.05) is 12.8 Å². The number of aromatic nitrogens is 4. The van der Waals surface area contributed by atoms with Gasteiger partial charge in [0.25, 0.3) is 0 Å². The molecule has 2 heterocycles. The third-order valence-corrected chi connectivity index (χ3v) is 3.89. The molecule has 0 spiro atoms. The number of hydrogen-bond donors (Lipinski definition) is 1. The molecule has 1 aromatic rings. The Kier molecular flexibility index (Phi) is 2.86. The lowest BCUT2D eigenvalue weighted by Gasteiger charge is -2.23. The molecule has 1 aromatic heterocycles. The van der Waals surface area contributed by atoms with E-state index in [0.29, 0.717) is 12.0 Å². The predicted molar refractivity (Wildman–Crippen MR) is 60.2 cm³/mol. The third kappa shape index (κ3) is 1.84. The van der Waals surface area contributed by atoms with Crippen LogP contribution in [0.5, 0.6) is 0 Å². The second-order valence-corrected chi connectivity index (χ2v) is 4.94. The molecule has 1 N–H and O–H groups in total. The lowest BCUT2D eigenvalue weighted by atomic mass is 9.97. The fourth-order valence-corrected chi connectivity index (χ4v) is 2.96. The molecule has 5 heteroatoms. The van der Waals surface area contributed by atoms with Crippen LogP contribution in [0.15, 0.2) is 0 Å². The van der Waals surface area contributed by atoms with Crippen molar-refractivity contribution in [2.24, 2.45) is 0 Å². The highest BCUT2D eigenvalue weighted by Crippen LogP contribution is 2.32. The van der Waals surface area contributed by atoms with Gasteiger partial charge < -0.3 is 5.32 Å². The molecule has 1 aliphatic heterocycles. The van der Waals surface area contributed by atoms with Crippen LogP contribution in [0.1, 0.15) is 56.3 Å². The molecule has 2 fully saturated rings. The van der Waals surface area contributed by atoms with Crippen LogP contribution in [-0.4, -0.2) is 33.3 Å². The van der Waals surface area contributed by atoms with E-state index in [2.05, 4.69) is 25.5 Å². The Labute approximate surface area is 95.6 Å². The first kappa shape index (κ1) is 10.2. The van der Waals surface area contributed by atoms with Crippen molar-refractivity contribution in [2.45, 2.75) is 50.5 Å². The van der Waals surface area contributed by atoms with Gasteiger partial charge in [-0.3, -0.25) is 0 Å². The minimum atomic E-state index is 0.567. The highest BCUT2D eigenvalue weighted by molar-refractivity contribution is 4.98. The largest absolute Gasteiger partial charge is 0.317 e. The molecule has 1 saturated carbocycles. The predicted octanol–water partition coefficient (Wildman–Crippen LogP) is 1.26. The maximum atomic E-state index is 4.26. The first-order valence-corrected chi connectivity index (χ1v) is 6.43. The van der Waals surface area contributed by atoms with Crippen LogP contribution < -0.4 is 5.32 Å². The minimum absolute atomic E-state index is 0.567. The second-order valence-electron chi connectivity index (χ2n) is 4.94. The number of nitrogens with zero attached hydrogens (tertiary/aromatic N) is 4. The molecule has 0 unspecified atom stereocenters. The van der Waals surface area contributed by atoms with Crippen molar-refractivity contribution in [3.63, 3.8) is 0 Å². The molecule has 1 saturated heterocycles. The van der Waals surface area contributed by atoms with Gasteiger partial charge in [0, 0.05) is 5.92 Å². The Balaban J connectivity index is 1.80. The molecular formula is C11H19N5. The number of tetrazole rings is 1. The van der Waals surface area contributed by atoms with Crippen molar-refractivity contribution in [1.82, 2.24) is 25.5 Å². The van der Waals surface area contributed by atoms with Gasteiger partial charge in [-0.15, -0.1) is 5.10 Å². The van der Waals surface area contributed by atoms with Crippen molar-refractivity contribution in [2.75, 3.05) is 13.1 Å². The summed E-state index contributed by atoms with van der Waals surface area (Å²) < 4.78 is 2.11. The average molecular weight is 221 g/mol. The summed E-state index contributed by atoms with van der Waals surface area (Å²) in [4.78, 5) is 0. The molecular weight excluding hydrogens is 202 g/mol. The molecule has 2 aliphatic rings. The van der Waals surface area contributed by atoms with Crippen LogP contribution in [-0.2, 0) is 0 Å². The van der Waals surface area contributed by atoms with Crippen LogP contribution in [0.4, 0.5) is 0 Å². The quantitative estimate of drug-likeness (QED) is 0.816. The van der Waals surface area contributed by atoms with E-state index in [9.17, 15) is 0 Å². The Hall–Kier alpha value is -0.970. The normalized spacial score (nSPS) is 24.0. The summed E-state index contributed by atoms with van der Waals surface area (Å²) in [7, 11) is 0. The summed E-state index contributed by atoms with van der Waals surface area (Å²) in [6.45, 7) is 2.20. The SMILES string of the molecule is C1CCC(n2nnnc2C2CCNCC2)C1. The monoisotopic (exact) mass is 221 g/mol. The van der Waals surface area contributed by atoms with Gasteiger partial charge in [-0.05, 0) is 49.2 Å². The van der Waals surface area contributed by atoms with Crippen molar-refractivity contribution < 1.29 is 0 Å². The first-order valence-electron chi connectivity index (χ1n) is 6.43. The second kappa shape index (κ2) is 4.49. The summed E-state index contributed by atoms with van der Waals surface area (Å²) in [6, 6.07) is 0.569. The van der Waals surface area contributed by atoms with E-state index in [0.717, 1.165) is 18.9 Å². The Morgan fingerprint density at radius 2 is 1.81 bits per heavy atom. The van der Waals surface area contributed by atoms with Crippen molar-refractivity contribution in [3.8, 4) is 0 Å². The lowest BCUT2D eigenvalue weighted by Crippen LogP contribution is -2.28. The zero-order chi connectivity index (χ0) is 10.8. The van der Waals surface area contributed by atoms with Gasteiger partial charge in [-0.2, -0.15) is 0 Å². The van der Waals surface area contributed by atoms with Gasteiger partial charge in [0.1, 0.15) is 0 Å². The summed E-state index contributed by atoms with van der Waals surface area (Å²) in [5, 5.41) is 15.7. The molecule has 16 heavy (non-hydrogen) atoms. The van der Waals surface area contributed by atoms with E-state index in [-0.39, 0.29) is 0 Å². The zero-order valence-electron chi connectivity index (χ0n) is 9.60. The Morgan fingerprint density at radius 3 is 2.56 bits per heavy atom. The zero-order valence-corrected chi connectivity index (χ0v) is 9.60. The smallest absolute Gasteiger partial charge is 0.154 e. The molecule has 5 nitrogen and oxygen atoms in total. The highest BCUT2D eigenvalue weighted by Gasteiger charge is 2.26. The maximum absolute atomic E-state index is 4.26. The van der Waals surface area contributed by atoms with E-state index in [1.165, 1.54) is 38.5 Å². The van der Waals surface area contributed by atoms with Crippen molar-refractivity contribution >= 4 is 0 Å². The Morgan fingerprint density at radius 1 is 1.06 bits per heavy atom. The van der Waals surface area contributed by atoms with Gasteiger partial charge in [0.15, 0.2) is 5.82 Å².